The Labute approximate surface area is 172 Å². The van der Waals surface area contributed by atoms with Crippen LogP contribution >= 0.6 is 0 Å². The predicted octanol–water partition coefficient (Wildman–Crippen LogP) is 1.98. The molecule has 1 aromatic rings. The largest absolute Gasteiger partial charge is 0.379 e. The molecule has 0 radical (unpaired) electrons. The summed E-state index contributed by atoms with van der Waals surface area (Å²) in [7, 11) is -3.72. The van der Waals surface area contributed by atoms with Crippen molar-refractivity contribution in [1.82, 2.24) is 9.62 Å². The molecule has 3 aliphatic carbocycles. The Kier molecular flexibility index (Phi) is 4.83. The number of ether oxygens (including phenoxy) is 1. The van der Waals surface area contributed by atoms with Crippen molar-refractivity contribution in [3.8, 4) is 0 Å². The molecule has 0 aromatic heterocycles. The van der Waals surface area contributed by atoms with Crippen LogP contribution in [0.15, 0.2) is 6.07 Å². The quantitative estimate of drug-likeness (QED) is 0.762. The number of sulfonamides is 1. The Hall–Kier alpha value is -1.64. The highest BCUT2D eigenvalue weighted by Crippen LogP contribution is 2.43. The molecule has 0 spiro atoms. The first-order valence-electron chi connectivity index (χ1n) is 10.8. The van der Waals surface area contributed by atoms with Crippen LogP contribution in [0, 0.1) is 0 Å². The number of aryl methyl sites for hydroxylation is 2. The highest BCUT2D eigenvalue weighted by Gasteiger charge is 2.51. The number of amides is 2. The number of fused-ring (bicyclic) bond motifs is 2. The molecule has 2 fully saturated rings. The number of rotatable bonds is 5. The van der Waals surface area contributed by atoms with Gasteiger partial charge in [0.25, 0.3) is 0 Å². The monoisotopic (exact) mass is 419 g/mol. The fourth-order valence-electron chi connectivity index (χ4n) is 5.37. The summed E-state index contributed by atoms with van der Waals surface area (Å²) in [6.07, 6.45) is 7.88. The molecule has 0 atom stereocenters. The zero-order valence-corrected chi connectivity index (χ0v) is 17.6. The lowest BCUT2D eigenvalue weighted by atomic mass is 9.99. The number of hydrogen-bond donors (Lipinski definition) is 2. The topological polar surface area (TPSA) is 87.7 Å². The van der Waals surface area contributed by atoms with Crippen molar-refractivity contribution < 1.29 is 17.9 Å². The van der Waals surface area contributed by atoms with E-state index in [1.165, 1.54) is 22.3 Å². The molecular weight excluding hydrogens is 390 g/mol. The lowest BCUT2D eigenvalue weighted by Crippen LogP contribution is -2.50. The normalized spacial score (nSPS) is 22.8. The number of urea groups is 1. The van der Waals surface area contributed by atoms with Gasteiger partial charge in [-0.2, -0.15) is 0 Å². The van der Waals surface area contributed by atoms with Gasteiger partial charge in [-0.3, -0.25) is 4.90 Å². The molecule has 8 heteroatoms. The van der Waals surface area contributed by atoms with Gasteiger partial charge in [0.05, 0.1) is 19.0 Å². The minimum Gasteiger partial charge on any atom is -0.379 e. The number of carbonyl (C=O) groups is 1. The Morgan fingerprint density at radius 1 is 1.03 bits per heavy atom. The van der Waals surface area contributed by atoms with Crippen LogP contribution in [-0.2, 0) is 40.4 Å². The van der Waals surface area contributed by atoms with Gasteiger partial charge in [-0.25, -0.2) is 17.9 Å². The van der Waals surface area contributed by atoms with Gasteiger partial charge in [-0.1, -0.05) is 6.07 Å². The van der Waals surface area contributed by atoms with Gasteiger partial charge in [0.1, 0.15) is 0 Å². The van der Waals surface area contributed by atoms with Gasteiger partial charge in [-0.05, 0) is 73.6 Å². The van der Waals surface area contributed by atoms with Crippen molar-refractivity contribution in [3.63, 3.8) is 0 Å². The van der Waals surface area contributed by atoms with Crippen molar-refractivity contribution in [2.45, 2.75) is 56.9 Å². The Balaban J connectivity index is 1.29. The van der Waals surface area contributed by atoms with E-state index in [2.05, 4.69) is 21.0 Å². The van der Waals surface area contributed by atoms with Crippen molar-refractivity contribution >= 4 is 21.7 Å². The molecule has 1 aromatic carbocycles. The number of benzene rings is 1. The maximum atomic E-state index is 12.8. The van der Waals surface area contributed by atoms with Crippen LogP contribution in [0.1, 0.15) is 47.9 Å². The summed E-state index contributed by atoms with van der Waals surface area (Å²) in [6.45, 7) is 2.79. The lowest BCUT2D eigenvalue weighted by molar-refractivity contribution is 0.0146. The van der Waals surface area contributed by atoms with E-state index in [0.29, 0.717) is 13.2 Å². The molecule has 158 valence electrons. The van der Waals surface area contributed by atoms with Crippen molar-refractivity contribution in [3.05, 3.63) is 28.3 Å². The van der Waals surface area contributed by atoms with Crippen molar-refractivity contribution in [2.24, 2.45) is 0 Å². The number of hydrogen-bond acceptors (Lipinski definition) is 5. The van der Waals surface area contributed by atoms with Gasteiger partial charge in [0, 0.05) is 24.3 Å². The third kappa shape index (κ3) is 3.78. The summed E-state index contributed by atoms with van der Waals surface area (Å²) in [6, 6.07) is 1.67. The number of anilines is 1. The van der Waals surface area contributed by atoms with E-state index in [9.17, 15) is 13.2 Å². The van der Waals surface area contributed by atoms with E-state index >= 15 is 0 Å². The minimum atomic E-state index is -3.72. The fourth-order valence-corrected chi connectivity index (χ4v) is 6.96. The number of nitrogens with zero attached hydrogens (tertiary/aromatic N) is 1. The summed E-state index contributed by atoms with van der Waals surface area (Å²) in [5.74, 6) is -0.0293. The number of morpholine rings is 1. The van der Waals surface area contributed by atoms with Gasteiger partial charge < -0.3 is 10.1 Å². The van der Waals surface area contributed by atoms with E-state index in [0.717, 1.165) is 70.1 Å². The molecule has 1 heterocycles. The zero-order chi connectivity index (χ0) is 20.1. The second kappa shape index (κ2) is 7.25. The molecular formula is C21H29N3O4S. The standard InChI is InChI=1S/C21H29N3O4S/c25-20(22-19-17-5-1-3-15(17)13-16-4-2-6-18(16)19)23-29(26,27)14-21(7-8-21)24-9-11-28-12-10-24/h13H,1-12,14H2,(H2,22,23,25). The first-order valence-corrected chi connectivity index (χ1v) is 12.4. The summed E-state index contributed by atoms with van der Waals surface area (Å²) >= 11 is 0. The van der Waals surface area contributed by atoms with Gasteiger partial charge >= 0.3 is 6.03 Å². The highest BCUT2D eigenvalue weighted by atomic mass is 32.2. The Morgan fingerprint density at radius 2 is 1.66 bits per heavy atom. The van der Waals surface area contributed by atoms with Crippen LogP contribution in [0.2, 0.25) is 0 Å². The van der Waals surface area contributed by atoms with Crippen LogP contribution in [0.3, 0.4) is 0 Å². The Morgan fingerprint density at radius 3 is 2.24 bits per heavy atom. The van der Waals surface area contributed by atoms with Crippen LogP contribution in [0.5, 0.6) is 0 Å². The second-order valence-electron chi connectivity index (χ2n) is 8.87. The SMILES string of the molecule is O=C(Nc1c2c(cc3c1CCC3)CCC2)NS(=O)(=O)CC1(N2CCOCC2)CC1. The zero-order valence-electron chi connectivity index (χ0n) is 16.8. The van der Waals surface area contributed by atoms with Crippen LogP contribution < -0.4 is 10.0 Å². The first-order chi connectivity index (χ1) is 14.0. The molecule has 29 heavy (non-hydrogen) atoms. The third-order valence-electron chi connectivity index (χ3n) is 6.93. The lowest BCUT2D eigenvalue weighted by Gasteiger charge is -2.34. The molecule has 4 aliphatic rings. The smallest absolute Gasteiger partial charge is 0.332 e. The molecule has 0 bridgehead atoms. The van der Waals surface area contributed by atoms with Crippen molar-refractivity contribution in [2.75, 3.05) is 37.4 Å². The number of carbonyl (C=O) groups excluding carboxylic acids is 1. The molecule has 2 amide bonds. The van der Waals surface area contributed by atoms with E-state index in [1.807, 2.05) is 0 Å². The average Bonchev–Trinajstić information content (AvgIpc) is 3.09. The minimum absolute atomic E-state index is 0.0293. The Bertz CT molecular complexity index is 901. The summed E-state index contributed by atoms with van der Waals surface area (Å²) in [5.41, 5.74) is 5.57. The summed E-state index contributed by atoms with van der Waals surface area (Å²) in [4.78, 5) is 14.9. The van der Waals surface area contributed by atoms with Gasteiger partial charge in [-0.15, -0.1) is 0 Å². The third-order valence-corrected chi connectivity index (χ3v) is 8.34. The second-order valence-corrected chi connectivity index (χ2v) is 10.6. The van der Waals surface area contributed by atoms with Gasteiger partial charge in [0.2, 0.25) is 10.0 Å². The predicted molar refractivity (Wildman–Crippen MR) is 111 cm³/mol. The van der Waals surface area contributed by atoms with Crippen LogP contribution in [-0.4, -0.2) is 56.9 Å². The van der Waals surface area contributed by atoms with Crippen molar-refractivity contribution in [1.29, 1.82) is 0 Å². The maximum absolute atomic E-state index is 12.8. The van der Waals surface area contributed by atoms with Gasteiger partial charge in [0.15, 0.2) is 0 Å². The molecule has 7 nitrogen and oxygen atoms in total. The number of nitrogens with one attached hydrogen (secondary N) is 2. The molecule has 1 saturated carbocycles. The summed E-state index contributed by atoms with van der Waals surface area (Å²) < 4.78 is 33.2. The fraction of sp³-hybridized carbons (Fsp3) is 0.667. The van der Waals surface area contributed by atoms with E-state index in [1.54, 1.807) is 0 Å². The van der Waals surface area contributed by atoms with Crippen LogP contribution in [0.4, 0.5) is 10.5 Å². The molecule has 1 aliphatic heterocycles. The average molecular weight is 420 g/mol. The molecule has 2 N–H and O–H groups in total. The summed E-state index contributed by atoms with van der Waals surface area (Å²) in [5, 5.41) is 2.92. The van der Waals surface area contributed by atoms with E-state index in [-0.39, 0.29) is 11.3 Å². The molecule has 5 rings (SSSR count). The van der Waals surface area contributed by atoms with E-state index in [4.69, 9.17) is 4.74 Å². The maximum Gasteiger partial charge on any atom is 0.332 e. The van der Waals surface area contributed by atoms with Crippen LogP contribution in [0.25, 0.3) is 0 Å². The van der Waals surface area contributed by atoms with E-state index < -0.39 is 16.1 Å². The molecule has 1 saturated heterocycles. The first kappa shape index (κ1) is 19.3. The molecule has 0 unspecified atom stereocenters. The highest BCUT2D eigenvalue weighted by molar-refractivity contribution is 7.90.